The predicted molar refractivity (Wildman–Crippen MR) is 88.6 cm³/mol. The smallest absolute Gasteiger partial charge is 0.259 e. The van der Waals surface area contributed by atoms with Gasteiger partial charge in [0.15, 0.2) is 0 Å². The van der Waals surface area contributed by atoms with Crippen molar-refractivity contribution < 1.29 is 14.7 Å². The summed E-state index contributed by atoms with van der Waals surface area (Å²) in [5, 5.41) is 15.4. The number of hydrogen-bond donors (Lipinski definition) is 3. The topological polar surface area (TPSA) is 78.4 Å². The van der Waals surface area contributed by atoms with Gasteiger partial charge in [-0.25, -0.2) is 0 Å². The van der Waals surface area contributed by atoms with Crippen LogP contribution < -0.4 is 10.6 Å². The van der Waals surface area contributed by atoms with Crippen LogP contribution >= 0.6 is 0 Å². The molecule has 5 heteroatoms. The van der Waals surface area contributed by atoms with E-state index in [1.807, 2.05) is 6.92 Å². The second-order valence-corrected chi connectivity index (χ2v) is 5.82. The van der Waals surface area contributed by atoms with E-state index in [9.17, 15) is 14.7 Å². The van der Waals surface area contributed by atoms with Gasteiger partial charge in [0.2, 0.25) is 5.91 Å². The molecule has 0 aromatic heterocycles. The summed E-state index contributed by atoms with van der Waals surface area (Å²) in [7, 11) is 0. The third-order valence-corrected chi connectivity index (χ3v) is 3.73. The lowest BCUT2D eigenvalue weighted by molar-refractivity contribution is -0.117. The Morgan fingerprint density at radius 1 is 1.04 bits per heavy atom. The Labute approximate surface area is 134 Å². The Balaban J connectivity index is 1.71. The van der Waals surface area contributed by atoms with E-state index in [4.69, 9.17) is 0 Å². The Bertz CT molecular complexity index is 767. The minimum absolute atomic E-state index is 0.0182. The maximum atomic E-state index is 12.2. The monoisotopic (exact) mass is 310 g/mol. The van der Waals surface area contributed by atoms with E-state index in [0.29, 0.717) is 11.4 Å². The molecule has 0 saturated heterocycles. The van der Waals surface area contributed by atoms with E-state index in [-0.39, 0.29) is 23.1 Å². The van der Waals surface area contributed by atoms with Crippen LogP contribution in [0.3, 0.4) is 0 Å². The number of phenolic OH excluding ortho intramolecular Hbond substituents is 1. The van der Waals surface area contributed by atoms with Crippen molar-refractivity contribution in [2.45, 2.75) is 19.8 Å². The zero-order valence-corrected chi connectivity index (χ0v) is 12.8. The molecular formula is C18H18N2O3. The summed E-state index contributed by atoms with van der Waals surface area (Å²) in [6.45, 7) is 1.84. The predicted octanol–water partition coefficient (Wildman–Crippen LogP) is 3.30. The summed E-state index contributed by atoms with van der Waals surface area (Å²) in [4.78, 5) is 24.0. The van der Waals surface area contributed by atoms with Crippen molar-refractivity contribution in [1.82, 2.24) is 0 Å². The quantitative estimate of drug-likeness (QED) is 0.810. The number of anilines is 2. The van der Waals surface area contributed by atoms with Gasteiger partial charge < -0.3 is 15.7 Å². The van der Waals surface area contributed by atoms with Crippen LogP contribution in [0, 0.1) is 12.8 Å². The first-order valence-corrected chi connectivity index (χ1v) is 7.55. The molecule has 1 aliphatic carbocycles. The van der Waals surface area contributed by atoms with Crippen molar-refractivity contribution in [1.29, 1.82) is 0 Å². The number of hydrogen-bond acceptors (Lipinski definition) is 3. The Hall–Kier alpha value is -2.82. The Morgan fingerprint density at radius 2 is 1.74 bits per heavy atom. The van der Waals surface area contributed by atoms with Crippen LogP contribution in [-0.4, -0.2) is 16.9 Å². The van der Waals surface area contributed by atoms with Crippen molar-refractivity contribution in [2.75, 3.05) is 10.6 Å². The fraction of sp³-hybridized carbons (Fsp3) is 0.222. The first-order chi connectivity index (χ1) is 11.0. The molecule has 0 unspecified atom stereocenters. The lowest BCUT2D eigenvalue weighted by Gasteiger charge is -2.10. The SMILES string of the molecule is Cc1ccc(C(=O)Nc2cccc(NC(=O)C3CC3)c2)c(O)c1. The molecule has 0 atom stereocenters. The second kappa shape index (κ2) is 6.12. The van der Waals surface area contributed by atoms with E-state index in [1.165, 1.54) is 0 Å². The van der Waals surface area contributed by atoms with Crippen molar-refractivity contribution in [3.8, 4) is 5.75 Å². The number of carbonyl (C=O) groups is 2. The molecule has 23 heavy (non-hydrogen) atoms. The highest BCUT2D eigenvalue weighted by Crippen LogP contribution is 2.30. The summed E-state index contributed by atoms with van der Waals surface area (Å²) in [5.74, 6) is -0.309. The van der Waals surface area contributed by atoms with E-state index in [0.717, 1.165) is 18.4 Å². The summed E-state index contributed by atoms with van der Waals surface area (Å²) in [5.41, 5.74) is 2.29. The molecule has 3 N–H and O–H groups in total. The molecule has 0 spiro atoms. The molecule has 1 fully saturated rings. The normalized spacial score (nSPS) is 13.4. The van der Waals surface area contributed by atoms with Gasteiger partial charge in [-0.3, -0.25) is 9.59 Å². The van der Waals surface area contributed by atoms with Crippen LogP contribution in [0.5, 0.6) is 5.75 Å². The molecule has 0 aliphatic heterocycles. The molecule has 2 aromatic carbocycles. The molecule has 3 rings (SSSR count). The second-order valence-electron chi connectivity index (χ2n) is 5.82. The molecule has 0 bridgehead atoms. The standard InChI is InChI=1S/C18H18N2O3/c1-11-5-8-15(16(21)9-11)18(23)20-14-4-2-3-13(10-14)19-17(22)12-6-7-12/h2-5,8-10,12,21H,6-7H2,1H3,(H,19,22)(H,20,23). The van der Waals surface area contributed by atoms with Crippen molar-refractivity contribution in [3.63, 3.8) is 0 Å². The first-order valence-electron chi connectivity index (χ1n) is 7.55. The van der Waals surface area contributed by atoms with Crippen molar-refractivity contribution in [3.05, 3.63) is 53.6 Å². The molecule has 0 heterocycles. The number of benzene rings is 2. The fourth-order valence-electron chi connectivity index (χ4n) is 2.30. The fourth-order valence-corrected chi connectivity index (χ4v) is 2.30. The van der Waals surface area contributed by atoms with Gasteiger partial charge in [0.05, 0.1) is 5.56 Å². The van der Waals surface area contributed by atoms with Crippen LogP contribution in [0.15, 0.2) is 42.5 Å². The largest absolute Gasteiger partial charge is 0.507 e. The van der Waals surface area contributed by atoms with Gasteiger partial charge in [-0.15, -0.1) is 0 Å². The summed E-state index contributed by atoms with van der Waals surface area (Å²) >= 11 is 0. The number of aromatic hydroxyl groups is 1. The maximum absolute atomic E-state index is 12.2. The first kappa shape index (κ1) is 15.1. The lowest BCUT2D eigenvalue weighted by Crippen LogP contribution is -2.15. The average Bonchev–Trinajstić information content (AvgIpc) is 3.32. The summed E-state index contributed by atoms with van der Waals surface area (Å²) in [6, 6.07) is 11.9. The number of rotatable bonds is 4. The molecular weight excluding hydrogens is 292 g/mol. The highest BCUT2D eigenvalue weighted by molar-refractivity contribution is 6.06. The number of aryl methyl sites for hydroxylation is 1. The third kappa shape index (κ3) is 3.69. The van der Waals surface area contributed by atoms with Crippen LogP contribution in [0.4, 0.5) is 11.4 Å². The number of amides is 2. The lowest BCUT2D eigenvalue weighted by atomic mass is 10.1. The van der Waals surface area contributed by atoms with Crippen LogP contribution in [0.25, 0.3) is 0 Å². The number of phenols is 1. The molecule has 1 aliphatic rings. The summed E-state index contributed by atoms with van der Waals surface area (Å²) < 4.78 is 0. The van der Waals surface area contributed by atoms with E-state index < -0.39 is 5.91 Å². The van der Waals surface area contributed by atoms with Crippen molar-refractivity contribution >= 4 is 23.2 Å². The zero-order chi connectivity index (χ0) is 16.4. The molecule has 5 nitrogen and oxygen atoms in total. The summed E-state index contributed by atoms with van der Waals surface area (Å²) in [6.07, 6.45) is 1.88. The minimum Gasteiger partial charge on any atom is -0.507 e. The average molecular weight is 310 g/mol. The number of nitrogens with one attached hydrogen (secondary N) is 2. The van der Waals surface area contributed by atoms with E-state index >= 15 is 0 Å². The van der Waals surface area contributed by atoms with Gasteiger partial charge in [0, 0.05) is 17.3 Å². The van der Waals surface area contributed by atoms with Crippen molar-refractivity contribution in [2.24, 2.45) is 5.92 Å². The third-order valence-electron chi connectivity index (χ3n) is 3.73. The molecule has 2 amide bonds. The molecule has 2 aromatic rings. The van der Waals surface area contributed by atoms with Gasteiger partial charge >= 0.3 is 0 Å². The molecule has 1 saturated carbocycles. The Kier molecular flexibility index (Phi) is 4.02. The van der Waals surface area contributed by atoms with Gasteiger partial charge in [-0.05, 0) is 55.7 Å². The molecule has 118 valence electrons. The highest BCUT2D eigenvalue weighted by atomic mass is 16.3. The number of carbonyl (C=O) groups excluding carboxylic acids is 2. The van der Waals surface area contributed by atoms with Gasteiger partial charge in [0.25, 0.3) is 5.91 Å². The van der Waals surface area contributed by atoms with Gasteiger partial charge in [-0.1, -0.05) is 12.1 Å². The van der Waals surface area contributed by atoms with E-state index in [2.05, 4.69) is 10.6 Å². The van der Waals surface area contributed by atoms with Crippen LogP contribution in [0.2, 0.25) is 0 Å². The van der Waals surface area contributed by atoms with Gasteiger partial charge in [0.1, 0.15) is 5.75 Å². The highest BCUT2D eigenvalue weighted by Gasteiger charge is 2.29. The van der Waals surface area contributed by atoms with Crippen LogP contribution in [-0.2, 0) is 4.79 Å². The van der Waals surface area contributed by atoms with Crippen LogP contribution in [0.1, 0.15) is 28.8 Å². The van der Waals surface area contributed by atoms with E-state index in [1.54, 1.807) is 42.5 Å². The molecule has 0 radical (unpaired) electrons. The zero-order valence-electron chi connectivity index (χ0n) is 12.8. The maximum Gasteiger partial charge on any atom is 0.259 e. The van der Waals surface area contributed by atoms with Gasteiger partial charge in [-0.2, -0.15) is 0 Å². The Morgan fingerprint density at radius 3 is 2.39 bits per heavy atom. The minimum atomic E-state index is -0.395.